The fourth-order valence-electron chi connectivity index (χ4n) is 3.25. The molecule has 0 atom stereocenters. The first kappa shape index (κ1) is 24.7. The Hall–Kier alpha value is -2.96. The summed E-state index contributed by atoms with van der Waals surface area (Å²) in [6.45, 7) is 2.75. The lowest BCUT2D eigenvalue weighted by molar-refractivity contribution is -0.385. The van der Waals surface area contributed by atoms with E-state index in [1.54, 1.807) is 18.2 Å². The van der Waals surface area contributed by atoms with Gasteiger partial charge in [0.1, 0.15) is 0 Å². The van der Waals surface area contributed by atoms with Crippen molar-refractivity contribution in [2.45, 2.75) is 42.1 Å². The van der Waals surface area contributed by atoms with E-state index in [2.05, 4.69) is 11.9 Å². The molecule has 0 aliphatic rings. The van der Waals surface area contributed by atoms with E-state index in [4.69, 9.17) is 5.73 Å². The highest BCUT2D eigenvalue weighted by Crippen LogP contribution is 2.32. The highest BCUT2D eigenvalue weighted by atomic mass is 32.2. The van der Waals surface area contributed by atoms with Crippen LogP contribution < -0.4 is 5.73 Å². The molecule has 2 aromatic carbocycles. The number of imidazole rings is 1. The Morgan fingerprint density at radius 1 is 1.24 bits per heavy atom. The van der Waals surface area contributed by atoms with Gasteiger partial charge in [-0.15, -0.1) is 0 Å². The minimum Gasteiger partial charge on any atom is -0.366 e. The van der Waals surface area contributed by atoms with Crippen molar-refractivity contribution < 1.29 is 18.1 Å². The minimum absolute atomic E-state index is 0.0697. The minimum atomic E-state index is -3.61. The van der Waals surface area contributed by atoms with Gasteiger partial charge in [-0.2, -0.15) is 0 Å². The molecule has 0 bridgehead atoms. The Morgan fingerprint density at radius 2 is 1.97 bits per heavy atom. The number of carbonyl (C=O) groups excluding carboxylic acids is 1. The van der Waals surface area contributed by atoms with E-state index >= 15 is 0 Å². The van der Waals surface area contributed by atoms with Gasteiger partial charge in [-0.25, -0.2) is 17.7 Å². The lowest BCUT2D eigenvalue weighted by Gasteiger charge is -2.11. The number of carbonyl (C=O) groups is 1. The lowest BCUT2D eigenvalue weighted by atomic mass is 10.1. The molecule has 10 nitrogen and oxygen atoms in total. The summed E-state index contributed by atoms with van der Waals surface area (Å²) in [7, 11) is -0.667. The molecule has 0 spiro atoms. The van der Waals surface area contributed by atoms with Crippen LogP contribution in [0, 0.1) is 10.1 Å². The van der Waals surface area contributed by atoms with Crippen molar-refractivity contribution in [1.29, 1.82) is 0 Å². The third-order valence-corrected chi connectivity index (χ3v) is 7.96. The first-order chi connectivity index (χ1) is 15.6. The first-order valence-electron chi connectivity index (χ1n) is 10.2. The van der Waals surface area contributed by atoms with Gasteiger partial charge in [0.15, 0.2) is 5.16 Å². The number of rotatable bonds is 10. The fraction of sp³-hybridized carbons (Fsp3) is 0.333. The van der Waals surface area contributed by atoms with Crippen LogP contribution in [0.5, 0.6) is 0 Å². The molecule has 33 heavy (non-hydrogen) atoms. The number of nitro benzene ring substituents is 1. The van der Waals surface area contributed by atoms with Crippen molar-refractivity contribution in [3.63, 3.8) is 0 Å². The average Bonchev–Trinajstić information content (AvgIpc) is 3.12. The molecule has 3 aromatic rings. The third-order valence-electron chi connectivity index (χ3n) is 5.12. The Morgan fingerprint density at radius 3 is 2.58 bits per heavy atom. The number of nitrogens with zero attached hydrogens (tertiary/aromatic N) is 4. The summed E-state index contributed by atoms with van der Waals surface area (Å²) in [6, 6.07) is 9.00. The Labute approximate surface area is 196 Å². The van der Waals surface area contributed by atoms with Gasteiger partial charge >= 0.3 is 0 Å². The molecule has 1 amide bonds. The predicted molar refractivity (Wildman–Crippen MR) is 127 cm³/mol. The second-order valence-corrected chi connectivity index (χ2v) is 10.7. The summed E-state index contributed by atoms with van der Waals surface area (Å²) >= 11 is 1.31. The van der Waals surface area contributed by atoms with Crippen molar-refractivity contribution >= 4 is 44.4 Å². The number of thioether (sulfide) groups is 1. The molecule has 0 fully saturated rings. The van der Waals surface area contributed by atoms with E-state index in [-0.39, 0.29) is 21.9 Å². The Bertz CT molecular complexity index is 1320. The largest absolute Gasteiger partial charge is 0.366 e. The number of fused-ring (bicyclic) bond motifs is 1. The number of nitro groups is 1. The quantitative estimate of drug-likeness (QED) is 0.260. The van der Waals surface area contributed by atoms with E-state index in [9.17, 15) is 23.3 Å². The molecule has 12 heteroatoms. The van der Waals surface area contributed by atoms with Gasteiger partial charge in [0, 0.05) is 43.6 Å². The van der Waals surface area contributed by atoms with Crippen molar-refractivity contribution in [1.82, 2.24) is 13.9 Å². The molecular formula is C21H25N5O5S2. The number of aromatic nitrogens is 2. The molecule has 0 aliphatic carbocycles. The van der Waals surface area contributed by atoms with Crippen LogP contribution >= 0.6 is 11.8 Å². The summed E-state index contributed by atoms with van der Waals surface area (Å²) in [4.78, 5) is 27.1. The highest BCUT2D eigenvalue weighted by molar-refractivity contribution is 7.98. The molecule has 2 N–H and O–H groups in total. The van der Waals surface area contributed by atoms with Crippen molar-refractivity contribution in [2.24, 2.45) is 5.73 Å². The Balaban J connectivity index is 2.00. The van der Waals surface area contributed by atoms with E-state index in [0.29, 0.717) is 22.8 Å². The van der Waals surface area contributed by atoms with Crippen molar-refractivity contribution in [3.8, 4) is 0 Å². The summed E-state index contributed by atoms with van der Waals surface area (Å²) < 4.78 is 28.2. The van der Waals surface area contributed by atoms with Gasteiger partial charge in [-0.3, -0.25) is 14.9 Å². The van der Waals surface area contributed by atoms with Crippen LogP contribution in [-0.2, 0) is 22.3 Å². The predicted octanol–water partition coefficient (Wildman–Crippen LogP) is 3.39. The van der Waals surface area contributed by atoms with Gasteiger partial charge in [0.25, 0.3) is 5.69 Å². The summed E-state index contributed by atoms with van der Waals surface area (Å²) in [5.74, 6) is -0.490. The molecule has 0 unspecified atom stereocenters. The zero-order valence-corrected chi connectivity index (χ0v) is 20.1. The number of amides is 1. The summed E-state index contributed by atoms with van der Waals surface area (Å²) in [6.07, 6.45) is 1.85. The van der Waals surface area contributed by atoms with Gasteiger partial charge in [0.05, 0.1) is 20.9 Å². The molecule has 0 saturated heterocycles. The van der Waals surface area contributed by atoms with Gasteiger partial charge < -0.3 is 10.3 Å². The van der Waals surface area contributed by atoms with E-state index in [0.717, 1.165) is 22.7 Å². The number of primary amides is 1. The zero-order valence-electron chi connectivity index (χ0n) is 18.5. The maximum absolute atomic E-state index is 12.5. The average molecular weight is 492 g/mol. The van der Waals surface area contributed by atoms with E-state index < -0.39 is 20.9 Å². The molecule has 0 aliphatic heterocycles. The number of aryl methyl sites for hydroxylation is 1. The zero-order chi connectivity index (χ0) is 24.3. The second-order valence-electron chi connectivity index (χ2n) is 7.59. The third kappa shape index (κ3) is 5.18. The van der Waals surface area contributed by atoms with Crippen LogP contribution in [0.15, 0.2) is 46.5 Å². The summed E-state index contributed by atoms with van der Waals surface area (Å²) in [5.41, 5.74) is 6.89. The van der Waals surface area contributed by atoms with Crippen LogP contribution in [0.2, 0.25) is 0 Å². The maximum atomic E-state index is 12.5. The molecule has 0 saturated carbocycles. The van der Waals surface area contributed by atoms with Crippen LogP contribution in [0.25, 0.3) is 11.0 Å². The second kappa shape index (κ2) is 9.89. The van der Waals surface area contributed by atoms with E-state index in [1.807, 2.05) is 4.57 Å². The molecule has 176 valence electrons. The van der Waals surface area contributed by atoms with Gasteiger partial charge in [-0.05, 0) is 30.7 Å². The molecular weight excluding hydrogens is 466 g/mol. The number of sulfonamides is 1. The number of nitrogens with two attached hydrogens (primary N) is 1. The monoisotopic (exact) mass is 491 g/mol. The van der Waals surface area contributed by atoms with Crippen molar-refractivity contribution in [2.75, 3.05) is 14.1 Å². The lowest BCUT2D eigenvalue weighted by Crippen LogP contribution is -2.22. The molecule has 1 heterocycles. The van der Waals surface area contributed by atoms with Gasteiger partial charge in [0.2, 0.25) is 15.9 Å². The van der Waals surface area contributed by atoms with Crippen LogP contribution in [0.3, 0.4) is 0 Å². The first-order valence-corrected chi connectivity index (χ1v) is 12.6. The van der Waals surface area contributed by atoms with Crippen molar-refractivity contribution in [3.05, 3.63) is 57.6 Å². The highest BCUT2D eigenvalue weighted by Gasteiger charge is 2.21. The molecule has 0 radical (unpaired) electrons. The standard InChI is InChI=1S/C21H25N5O5S2/c1-4-5-10-25-18-9-8-16(33(30,31)24(2)3)12-17(18)23-21(25)32-13-15-7-6-14(20(22)27)11-19(15)26(28)29/h6-9,11-12H,4-5,10,13H2,1-3H3,(H2,22,27). The number of hydrogen-bond donors (Lipinski definition) is 1. The Kier molecular flexibility index (Phi) is 7.40. The van der Waals surface area contributed by atoms with Crippen LogP contribution in [0.1, 0.15) is 35.7 Å². The fourth-order valence-corrected chi connectivity index (χ4v) is 5.21. The maximum Gasteiger partial charge on any atom is 0.274 e. The smallest absolute Gasteiger partial charge is 0.274 e. The van der Waals surface area contributed by atoms with E-state index in [1.165, 1.54) is 44.1 Å². The topological polar surface area (TPSA) is 141 Å². The SMILES string of the molecule is CCCCn1c(SCc2ccc(C(N)=O)cc2[N+](=O)[O-])nc2cc(S(=O)(=O)N(C)C)ccc21. The number of hydrogen-bond acceptors (Lipinski definition) is 7. The van der Waals surface area contributed by atoms with Crippen LogP contribution in [-0.4, -0.2) is 47.2 Å². The number of benzene rings is 2. The van der Waals surface area contributed by atoms with Gasteiger partial charge in [-0.1, -0.05) is 31.2 Å². The number of unbranched alkanes of at least 4 members (excludes halogenated alkanes) is 1. The molecule has 3 rings (SSSR count). The summed E-state index contributed by atoms with van der Waals surface area (Å²) in [5, 5.41) is 12.1. The van der Waals surface area contributed by atoms with Crippen LogP contribution in [0.4, 0.5) is 5.69 Å². The normalized spacial score (nSPS) is 11.9. The molecule has 1 aromatic heterocycles.